The Morgan fingerprint density at radius 1 is 0.627 bits per heavy atom. The summed E-state index contributed by atoms with van der Waals surface area (Å²) < 4.78 is 33.8. The van der Waals surface area contributed by atoms with Gasteiger partial charge in [-0.1, -0.05) is 145 Å². The van der Waals surface area contributed by atoms with E-state index in [0.717, 1.165) is 44.9 Å². The lowest BCUT2D eigenvalue weighted by atomic mass is 10.1. The minimum atomic E-state index is -4.67. The van der Waals surface area contributed by atoms with Crippen molar-refractivity contribution < 1.29 is 47.2 Å². The van der Waals surface area contributed by atoms with Crippen molar-refractivity contribution in [3.63, 3.8) is 0 Å². The van der Waals surface area contributed by atoms with Gasteiger partial charge in [-0.2, -0.15) is 0 Å². The molecule has 0 aliphatic rings. The third kappa shape index (κ3) is 43.3. The van der Waals surface area contributed by atoms with E-state index in [-0.39, 0.29) is 26.1 Å². The second kappa shape index (κ2) is 39.5. The predicted molar refractivity (Wildman–Crippen MR) is 242 cm³/mol. The van der Waals surface area contributed by atoms with Gasteiger partial charge in [0.25, 0.3) is 7.82 Å². The molecule has 0 rings (SSSR count). The molecule has 340 valence electrons. The van der Waals surface area contributed by atoms with E-state index in [2.05, 4.69) is 56.4 Å². The number of allylic oxidation sites excluding steroid dienone is 10. The average molecular weight is 850 g/mol. The van der Waals surface area contributed by atoms with E-state index in [4.69, 9.17) is 18.5 Å². The van der Waals surface area contributed by atoms with Crippen LogP contribution in [0.3, 0.4) is 0 Å². The van der Waals surface area contributed by atoms with Gasteiger partial charge in [0, 0.05) is 12.8 Å². The smallest absolute Gasteiger partial charge is 0.306 e. The van der Waals surface area contributed by atoms with Crippen molar-refractivity contribution >= 4 is 19.8 Å². The van der Waals surface area contributed by atoms with Crippen molar-refractivity contribution in [1.29, 1.82) is 0 Å². The zero-order valence-corrected chi connectivity index (χ0v) is 38.7. The number of esters is 2. The van der Waals surface area contributed by atoms with E-state index in [1.165, 1.54) is 64.2 Å². The van der Waals surface area contributed by atoms with Crippen molar-refractivity contribution in [3.05, 3.63) is 72.9 Å². The fourth-order valence-corrected chi connectivity index (χ4v) is 6.37. The molecule has 0 aromatic rings. The molecule has 3 atom stereocenters. The monoisotopic (exact) mass is 850 g/mol. The first-order valence-corrected chi connectivity index (χ1v) is 24.2. The van der Waals surface area contributed by atoms with Gasteiger partial charge >= 0.3 is 11.9 Å². The lowest BCUT2D eigenvalue weighted by Crippen LogP contribution is -2.37. The summed E-state index contributed by atoms with van der Waals surface area (Å²) in [4.78, 5) is 37.6. The first-order valence-electron chi connectivity index (χ1n) is 22.8. The summed E-state index contributed by atoms with van der Waals surface area (Å²) in [5, 5.41) is 10.2. The van der Waals surface area contributed by atoms with E-state index in [0.29, 0.717) is 36.7 Å². The molecule has 1 N–H and O–H groups in total. The quantitative estimate of drug-likeness (QED) is 0.0160. The fourth-order valence-electron chi connectivity index (χ4n) is 5.64. The van der Waals surface area contributed by atoms with Crippen LogP contribution >= 0.6 is 7.82 Å². The van der Waals surface area contributed by atoms with Crippen LogP contribution in [-0.4, -0.2) is 81.2 Å². The Bertz CT molecular complexity index is 1250. The highest BCUT2D eigenvalue weighted by molar-refractivity contribution is 7.45. The van der Waals surface area contributed by atoms with Gasteiger partial charge in [0.1, 0.15) is 19.8 Å². The average Bonchev–Trinajstić information content (AvgIpc) is 3.18. The normalized spacial score (nSPS) is 14.8. The number of carbonyl (C=O) groups is 2. The highest BCUT2D eigenvalue weighted by atomic mass is 31.2. The number of nitrogens with zero attached hydrogens (tertiary/aromatic N) is 1. The van der Waals surface area contributed by atoms with Crippen LogP contribution in [0.25, 0.3) is 0 Å². The minimum absolute atomic E-state index is 0.0612. The Hall–Kier alpha value is -2.59. The first-order chi connectivity index (χ1) is 28.4. The van der Waals surface area contributed by atoms with Crippen LogP contribution in [0.4, 0.5) is 0 Å². The Kier molecular flexibility index (Phi) is 37.8. The number of likely N-dealkylation sites (N-methyl/N-ethyl adjacent to an activating group) is 1. The molecule has 11 heteroatoms. The lowest BCUT2D eigenvalue weighted by molar-refractivity contribution is -0.870. The molecule has 10 nitrogen and oxygen atoms in total. The van der Waals surface area contributed by atoms with E-state index in [9.17, 15) is 24.2 Å². The third-order valence-electron chi connectivity index (χ3n) is 9.28. The Balaban J connectivity index is 4.54. The van der Waals surface area contributed by atoms with Gasteiger partial charge in [0.15, 0.2) is 6.10 Å². The topological polar surface area (TPSA) is 131 Å². The maximum Gasteiger partial charge on any atom is 0.306 e. The molecular weight excluding hydrogens is 765 g/mol. The molecular formula is C48H84NO9P. The minimum Gasteiger partial charge on any atom is -0.756 e. The summed E-state index contributed by atoms with van der Waals surface area (Å²) in [6, 6.07) is 0. The summed E-state index contributed by atoms with van der Waals surface area (Å²) >= 11 is 0. The Morgan fingerprint density at radius 3 is 1.75 bits per heavy atom. The number of hydrogen-bond acceptors (Lipinski definition) is 9. The van der Waals surface area contributed by atoms with Gasteiger partial charge in [0.2, 0.25) is 0 Å². The number of rotatable bonds is 40. The molecule has 2 unspecified atom stereocenters. The highest BCUT2D eigenvalue weighted by Crippen LogP contribution is 2.38. The summed E-state index contributed by atoms with van der Waals surface area (Å²) in [5.41, 5.74) is 0. The number of phosphoric ester groups is 1. The van der Waals surface area contributed by atoms with Crippen LogP contribution in [0.2, 0.25) is 0 Å². The van der Waals surface area contributed by atoms with Crippen molar-refractivity contribution in [2.75, 3.05) is 47.5 Å². The van der Waals surface area contributed by atoms with Crippen LogP contribution in [0, 0.1) is 0 Å². The second-order valence-electron chi connectivity index (χ2n) is 16.3. The van der Waals surface area contributed by atoms with Crippen molar-refractivity contribution in [1.82, 2.24) is 0 Å². The molecule has 0 amide bonds. The molecule has 0 saturated heterocycles. The fraction of sp³-hybridized carbons (Fsp3) is 0.708. The van der Waals surface area contributed by atoms with Crippen LogP contribution in [0.1, 0.15) is 162 Å². The summed E-state index contributed by atoms with van der Waals surface area (Å²) in [6.07, 6.45) is 45.3. The van der Waals surface area contributed by atoms with Crippen LogP contribution in [0.5, 0.6) is 0 Å². The van der Waals surface area contributed by atoms with Gasteiger partial charge in [-0.25, -0.2) is 0 Å². The second-order valence-corrected chi connectivity index (χ2v) is 17.7. The maximum absolute atomic E-state index is 12.7. The summed E-state index contributed by atoms with van der Waals surface area (Å²) in [5.74, 6) is -0.979. The molecule has 0 aromatic carbocycles. The van der Waals surface area contributed by atoms with Crippen molar-refractivity contribution in [2.24, 2.45) is 0 Å². The molecule has 0 radical (unpaired) electrons. The highest BCUT2D eigenvalue weighted by Gasteiger charge is 2.21. The lowest BCUT2D eigenvalue weighted by Gasteiger charge is -2.28. The van der Waals surface area contributed by atoms with E-state index < -0.39 is 38.6 Å². The van der Waals surface area contributed by atoms with Gasteiger partial charge in [0.05, 0.1) is 33.9 Å². The number of hydrogen-bond donors (Lipinski definition) is 1. The largest absolute Gasteiger partial charge is 0.756 e. The first kappa shape index (κ1) is 56.4. The number of phosphoric acid groups is 1. The molecule has 0 fully saturated rings. The molecule has 0 saturated carbocycles. The molecule has 0 aliphatic heterocycles. The maximum atomic E-state index is 12.7. The van der Waals surface area contributed by atoms with Gasteiger partial charge < -0.3 is 33.0 Å². The molecule has 59 heavy (non-hydrogen) atoms. The van der Waals surface area contributed by atoms with Gasteiger partial charge in [-0.05, 0) is 77.0 Å². The molecule has 0 spiro atoms. The van der Waals surface area contributed by atoms with Gasteiger partial charge in [-0.15, -0.1) is 0 Å². The van der Waals surface area contributed by atoms with Gasteiger partial charge in [-0.3, -0.25) is 14.2 Å². The van der Waals surface area contributed by atoms with Crippen LogP contribution in [-0.2, 0) is 32.7 Å². The van der Waals surface area contributed by atoms with Crippen molar-refractivity contribution in [2.45, 2.75) is 174 Å². The number of ether oxygens (including phenoxy) is 2. The van der Waals surface area contributed by atoms with Crippen molar-refractivity contribution in [3.8, 4) is 0 Å². The van der Waals surface area contributed by atoms with E-state index >= 15 is 0 Å². The molecule has 0 aromatic heterocycles. The molecule has 0 bridgehead atoms. The van der Waals surface area contributed by atoms with E-state index in [1.54, 1.807) is 12.2 Å². The molecule has 0 heterocycles. The summed E-state index contributed by atoms with van der Waals surface area (Å²) in [7, 11) is 1.06. The number of aliphatic hydroxyl groups excluding tert-OH is 1. The van der Waals surface area contributed by atoms with Crippen LogP contribution in [0.15, 0.2) is 72.9 Å². The number of aliphatic hydroxyl groups is 1. The number of quaternary nitrogens is 1. The predicted octanol–water partition coefficient (Wildman–Crippen LogP) is 11.4. The Morgan fingerprint density at radius 2 is 1.15 bits per heavy atom. The number of unbranched alkanes of at least 4 members (excludes halogenated alkanes) is 14. The van der Waals surface area contributed by atoms with E-state index in [1.807, 2.05) is 39.4 Å². The zero-order chi connectivity index (χ0) is 43.7. The Labute approximate surface area is 360 Å². The third-order valence-corrected chi connectivity index (χ3v) is 10.2. The standard InChI is InChI=1S/C48H84NO9P/c1-6-8-10-12-14-16-17-18-19-20-21-22-23-25-27-31-35-39-47(51)55-43-46(44-57-59(53,54)56-42-41-49(3,4)5)58-48(52)40-36-32-28-30-34-38-45(50)37-33-29-26-24-15-13-11-9-7-2/h14-16,18-19,24,28-30,33-34,38,45-46,50H,6-13,17,20-23,25-27,31-32,35-37,39-44H2,1-5H3/b16-14-,19-18-,24-15-,30-28+,33-29-,38-34-/t45?,46-/m1/s1. The van der Waals surface area contributed by atoms with Crippen LogP contribution < -0.4 is 4.89 Å². The number of carbonyl (C=O) groups excluding carboxylic acids is 2. The zero-order valence-electron chi connectivity index (χ0n) is 37.8. The SMILES string of the molecule is CCCCC/C=C\C/C=C\CCCCCCCCCC(=O)OC[C@H](COP(=O)([O-])OCC[N+](C)(C)C)OC(=O)CCC/C=C/C=C\C(O)C/C=C\C/C=C\CCCCC. The summed E-state index contributed by atoms with van der Waals surface area (Å²) in [6.45, 7) is 3.98. The molecule has 0 aliphatic carbocycles.